The number of fused-ring (bicyclic) bond motifs is 1. The lowest BCUT2D eigenvalue weighted by Gasteiger charge is -2.19. The van der Waals surface area contributed by atoms with Crippen LogP contribution in [-0.2, 0) is 4.79 Å². The molecule has 1 aliphatic carbocycles. The van der Waals surface area contributed by atoms with Crippen molar-refractivity contribution < 1.29 is 9.90 Å². The van der Waals surface area contributed by atoms with Crippen LogP contribution in [-0.4, -0.2) is 27.6 Å². The van der Waals surface area contributed by atoms with Crippen LogP contribution in [0.25, 0.3) is 0 Å². The van der Waals surface area contributed by atoms with Crippen molar-refractivity contribution in [2.45, 2.75) is 6.10 Å². The summed E-state index contributed by atoms with van der Waals surface area (Å²) in [5.74, 6) is -0.302. The van der Waals surface area contributed by atoms with Crippen molar-refractivity contribution in [1.82, 2.24) is 0 Å². The molecule has 1 heterocycles. The van der Waals surface area contributed by atoms with Crippen molar-refractivity contribution in [1.29, 1.82) is 0 Å². The summed E-state index contributed by atoms with van der Waals surface area (Å²) in [5.41, 5.74) is 1.29. The van der Waals surface area contributed by atoms with Gasteiger partial charge in [-0.2, -0.15) is 0 Å². The fourth-order valence-corrected chi connectivity index (χ4v) is 3.28. The number of nitrogens with zero attached hydrogens (tertiary/aromatic N) is 2. The lowest BCUT2D eigenvalue weighted by molar-refractivity contribution is -0.111. The van der Waals surface area contributed by atoms with Gasteiger partial charge in [0.05, 0.1) is 34.3 Å². The van der Waals surface area contributed by atoms with Crippen molar-refractivity contribution in [3.05, 3.63) is 58.1 Å². The number of hydrogen-bond donors (Lipinski definition) is 1. The van der Waals surface area contributed by atoms with Crippen LogP contribution in [0.2, 0.25) is 10.0 Å². The van der Waals surface area contributed by atoms with Crippen molar-refractivity contribution in [3.8, 4) is 0 Å². The van der Waals surface area contributed by atoms with Gasteiger partial charge in [0, 0.05) is 0 Å². The predicted octanol–water partition coefficient (Wildman–Crippen LogP) is 3.84. The molecule has 0 radical (unpaired) electrons. The fourth-order valence-electron chi connectivity index (χ4n) is 2.18. The molecule has 0 saturated heterocycles. The summed E-state index contributed by atoms with van der Waals surface area (Å²) in [6.07, 6.45) is 6.44. The first kappa shape index (κ1) is 16.5. The monoisotopic (exact) mass is 366 g/mol. The zero-order valence-electron chi connectivity index (χ0n) is 11.8. The number of carbonyl (C=O) groups is 1. The highest BCUT2D eigenvalue weighted by atomic mass is 35.5. The van der Waals surface area contributed by atoms with E-state index in [0.29, 0.717) is 26.5 Å². The molecule has 0 amide bonds. The highest BCUT2D eigenvalue weighted by Crippen LogP contribution is 2.28. The van der Waals surface area contributed by atoms with Gasteiger partial charge in [-0.25, -0.2) is 4.99 Å². The number of rotatable bonds is 3. The molecule has 1 aromatic rings. The second kappa shape index (κ2) is 7.01. The summed E-state index contributed by atoms with van der Waals surface area (Å²) in [7, 11) is 0. The molecule has 1 aliphatic heterocycles. The average molecular weight is 367 g/mol. The van der Waals surface area contributed by atoms with E-state index >= 15 is 0 Å². The number of benzene rings is 1. The van der Waals surface area contributed by atoms with E-state index in [4.69, 9.17) is 23.2 Å². The van der Waals surface area contributed by atoms with Crippen molar-refractivity contribution >= 4 is 51.0 Å². The Morgan fingerprint density at radius 1 is 1.30 bits per heavy atom. The molecule has 0 spiro atoms. The number of carbonyl (C=O) groups excluding carboxylic acids is 1. The Hall–Kier alpha value is -1.40. The minimum Gasteiger partial charge on any atom is -0.386 e. The van der Waals surface area contributed by atoms with Gasteiger partial charge in [-0.15, -0.1) is 0 Å². The van der Waals surface area contributed by atoms with Gasteiger partial charge in [-0.1, -0.05) is 47.5 Å². The number of aliphatic hydroxyl groups is 1. The molecule has 1 aromatic carbocycles. The van der Waals surface area contributed by atoms with Gasteiger partial charge in [-0.05, 0) is 35.5 Å². The van der Waals surface area contributed by atoms with Crippen LogP contribution in [0.5, 0.6) is 0 Å². The van der Waals surface area contributed by atoms with Gasteiger partial charge in [0.15, 0.2) is 5.17 Å². The Balaban J connectivity index is 1.75. The topological polar surface area (TPSA) is 62.0 Å². The molecule has 4 nitrogen and oxygen atoms in total. The molecule has 2 unspecified atom stereocenters. The number of hydrogen-bond acceptors (Lipinski definition) is 4. The average Bonchev–Trinajstić information content (AvgIpc) is 2.55. The number of thioether (sulfide) groups is 1. The molecule has 23 heavy (non-hydrogen) atoms. The smallest absolute Gasteiger partial charge is 0.209 e. The quantitative estimate of drug-likeness (QED) is 0.883. The molecule has 118 valence electrons. The first-order valence-electron chi connectivity index (χ1n) is 6.87. The van der Waals surface area contributed by atoms with E-state index in [1.165, 1.54) is 0 Å². The maximum Gasteiger partial charge on any atom is 0.209 e. The summed E-state index contributed by atoms with van der Waals surface area (Å²) in [5, 5.41) is 11.3. The minimum atomic E-state index is -0.840. The zero-order chi connectivity index (χ0) is 16.4. The Morgan fingerprint density at radius 3 is 2.91 bits per heavy atom. The summed E-state index contributed by atoms with van der Waals surface area (Å²) < 4.78 is 0. The summed E-state index contributed by atoms with van der Waals surface area (Å²) in [6.45, 7) is 0.0918. The third-order valence-electron chi connectivity index (χ3n) is 3.40. The number of aliphatic hydroxyl groups excluding tert-OH is 1. The number of aliphatic imine (C=N–C) groups is 2. The van der Waals surface area contributed by atoms with E-state index in [1.54, 1.807) is 24.3 Å². The van der Waals surface area contributed by atoms with Crippen LogP contribution in [0.1, 0.15) is 11.7 Å². The second-order valence-corrected chi connectivity index (χ2v) is 6.78. The third kappa shape index (κ3) is 3.75. The maximum absolute atomic E-state index is 12.1. The van der Waals surface area contributed by atoms with Gasteiger partial charge in [0.1, 0.15) is 0 Å². The van der Waals surface area contributed by atoms with E-state index in [2.05, 4.69) is 9.98 Å². The van der Waals surface area contributed by atoms with E-state index in [1.807, 2.05) is 18.2 Å². The lowest BCUT2D eigenvalue weighted by atomic mass is 10.00. The molecular weight excluding hydrogens is 355 g/mol. The number of allylic oxidation sites excluding steroid dienone is 4. The van der Waals surface area contributed by atoms with Crippen LogP contribution >= 0.6 is 35.0 Å². The summed E-state index contributed by atoms with van der Waals surface area (Å²) >= 11 is 12.8. The van der Waals surface area contributed by atoms with Crippen LogP contribution in [0, 0.1) is 5.92 Å². The molecule has 3 rings (SSSR count). The van der Waals surface area contributed by atoms with E-state index in [-0.39, 0.29) is 17.6 Å². The Bertz CT molecular complexity index is 771. The largest absolute Gasteiger partial charge is 0.386 e. The first-order valence-corrected chi connectivity index (χ1v) is 8.44. The second-order valence-electron chi connectivity index (χ2n) is 4.99. The Morgan fingerprint density at radius 2 is 2.13 bits per heavy atom. The molecule has 0 fully saturated rings. The molecule has 0 saturated carbocycles. The van der Waals surface area contributed by atoms with E-state index in [9.17, 15) is 9.90 Å². The number of halogens is 2. The van der Waals surface area contributed by atoms with Gasteiger partial charge in [0.25, 0.3) is 0 Å². The third-order valence-corrected chi connectivity index (χ3v) is 5.00. The molecule has 2 atom stereocenters. The van der Waals surface area contributed by atoms with Crippen LogP contribution in [0.4, 0.5) is 0 Å². The lowest BCUT2D eigenvalue weighted by Crippen LogP contribution is -2.26. The van der Waals surface area contributed by atoms with Crippen LogP contribution in [0.15, 0.2) is 52.5 Å². The van der Waals surface area contributed by atoms with Gasteiger partial charge < -0.3 is 5.11 Å². The Kier molecular flexibility index (Phi) is 5.02. The zero-order valence-corrected chi connectivity index (χ0v) is 14.1. The van der Waals surface area contributed by atoms with E-state index in [0.717, 1.165) is 11.8 Å². The van der Waals surface area contributed by atoms with Crippen molar-refractivity contribution in [2.75, 3.05) is 6.54 Å². The molecule has 2 aliphatic rings. The summed E-state index contributed by atoms with van der Waals surface area (Å²) in [4.78, 5) is 20.7. The highest BCUT2D eigenvalue weighted by Gasteiger charge is 2.28. The van der Waals surface area contributed by atoms with Gasteiger partial charge >= 0.3 is 0 Å². The highest BCUT2D eigenvalue weighted by molar-refractivity contribution is 8.26. The van der Waals surface area contributed by atoms with Gasteiger partial charge in [0.2, 0.25) is 5.12 Å². The minimum absolute atomic E-state index is 0.0154. The summed E-state index contributed by atoms with van der Waals surface area (Å²) in [6, 6.07) is 4.91. The predicted molar refractivity (Wildman–Crippen MR) is 95.5 cm³/mol. The first-order chi connectivity index (χ1) is 11.0. The molecule has 0 aromatic heterocycles. The van der Waals surface area contributed by atoms with Crippen LogP contribution < -0.4 is 0 Å². The number of amidine groups is 1. The van der Waals surface area contributed by atoms with Gasteiger partial charge in [-0.3, -0.25) is 9.79 Å². The Labute approximate surface area is 147 Å². The van der Waals surface area contributed by atoms with Crippen molar-refractivity contribution in [2.24, 2.45) is 15.9 Å². The fraction of sp³-hybridized carbons (Fsp3) is 0.188. The normalized spacial score (nSPS) is 22.9. The van der Waals surface area contributed by atoms with Crippen LogP contribution in [0.3, 0.4) is 0 Å². The molecule has 1 N–H and O–H groups in total. The van der Waals surface area contributed by atoms with E-state index < -0.39 is 6.10 Å². The van der Waals surface area contributed by atoms with Crippen molar-refractivity contribution in [3.63, 3.8) is 0 Å². The molecule has 0 bridgehead atoms. The standard InChI is InChI=1S/C16H12Cl2N2O2S/c17-11-6-5-9(7-12(11)18)14(21)8-19-16-20-13-4-2-1-3-10(13)15(22)23-16/h1-7,10,14,21H,8H2. The SMILES string of the molecule is O=C1SC(=NCC(O)c2ccc(Cl)c(Cl)c2)N=C2C=CC=CC12. The maximum atomic E-state index is 12.1. The molecule has 7 heteroatoms. The molecular formula is C16H12Cl2N2O2S.